The number of rotatable bonds is 6. The van der Waals surface area contributed by atoms with E-state index in [1.807, 2.05) is 12.1 Å². The highest BCUT2D eigenvalue weighted by Crippen LogP contribution is 2.22. The van der Waals surface area contributed by atoms with Crippen molar-refractivity contribution in [2.24, 2.45) is 0 Å². The van der Waals surface area contributed by atoms with E-state index in [2.05, 4.69) is 10.2 Å². The quantitative estimate of drug-likeness (QED) is 0.649. The molecule has 1 aromatic heterocycles. The minimum atomic E-state index is -0.402. The van der Waals surface area contributed by atoms with Crippen LogP contribution in [0, 0.1) is 10.1 Å². The summed E-state index contributed by atoms with van der Waals surface area (Å²) in [6.07, 6.45) is 3.30. The average Bonchev–Trinajstić information content (AvgIpc) is 3.24. The highest BCUT2D eigenvalue weighted by atomic mass is 16.6. The van der Waals surface area contributed by atoms with E-state index in [0.717, 1.165) is 24.9 Å². The van der Waals surface area contributed by atoms with Gasteiger partial charge in [-0.3, -0.25) is 19.8 Å². The van der Waals surface area contributed by atoms with Gasteiger partial charge in [0, 0.05) is 18.7 Å². The van der Waals surface area contributed by atoms with Crippen LogP contribution < -0.4 is 5.32 Å². The van der Waals surface area contributed by atoms with Gasteiger partial charge in [0.15, 0.2) is 0 Å². The zero-order chi connectivity index (χ0) is 16.9. The predicted octanol–water partition coefficient (Wildman–Crippen LogP) is 2.47. The second-order valence-corrected chi connectivity index (χ2v) is 5.85. The molecule has 126 valence electrons. The number of carbonyl (C=O) groups excluding carboxylic acids is 1. The van der Waals surface area contributed by atoms with Crippen molar-refractivity contribution in [3.8, 4) is 0 Å². The molecule has 0 bridgehead atoms. The average molecular weight is 329 g/mol. The van der Waals surface area contributed by atoms with Gasteiger partial charge in [0.25, 0.3) is 5.69 Å². The highest BCUT2D eigenvalue weighted by molar-refractivity contribution is 5.81. The highest BCUT2D eigenvalue weighted by Gasteiger charge is 2.30. The Morgan fingerprint density at radius 1 is 1.38 bits per heavy atom. The molecule has 1 saturated heterocycles. The maximum absolute atomic E-state index is 12.4. The largest absolute Gasteiger partial charge is 0.467 e. The van der Waals surface area contributed by atoms with Crippen LogP contribution in [0.1, 0.15) is 24.2 Å². The van der Waals surface area contributed by atoms with E-state index < -0.39 is 4.92 Å². The summed E-state index contributed by atoms with van der Waals surface area (Å²) in [5.74, 6) is 0.681. The molecule has 1 N–H and O–H groups in total. The molecule has 7 nitrogen and oxygen atoms in total. The molecule has 1 aliphatic rings. The summed E-state index contributed by atoms with van der Waals surface area (Å²) in [6.45, 7) is 1.70. The van der Waals surface area contributed by atoms with E-state index in [-0.39, 0.29) is 17.6 Å². The summed E-state index contributed by atoms with van der Waals surface area (Å²) in [4.78, 5) is 25.0. The van der Waals surface area contributed by atoms with Crippen molar-refractivity contribution < 1.29 is 14.1 Å². The van der Waals surface area contributed by atoms with Crippen molar-refractivity contribution in [3.05, 3.63) is 64.1 Å². The van der Waals surface area contributed by atoms with Crippen LogP contribution in [0.2, 0.25) is 0 Å². The fraction of sp³-hybridized carbons (Fsp3) is 0.353. The van der Waals surface area contributed by atoms with Crippen LogP contribution in [0.5, 0.6) is 0 Å². The van der Waals surface area contributed by atoms with Crippen LogP contribution in [0.3, 0.4) is 0 Å². The number of hydrogen-bond donors (Lipinski definition) is 1. The topological polar surface area (TPSA) is 88.6 Å². The number of amides is 1. The third kappa shape index (κ3) is 3.80. The summed E-state index contributed by atoms with van der Waals surface area (Å²) < 4.78 is 5.21. The van der Waals surface area contributed by atoms with E-state index in [1.54, 1.807) is 24.5 Å². The maximum Gasteiger partial charge on any atom is 0.269 e. The monoisotopic (exact) mass is 329 g/mol. The standard InChI is InChI=1S/C17H19N3O4/c21-17(18-11-15-6-3-9-24-15)16-7-2-8-19(16)12-13-4-1-5-14(10-13)20(22)23/h1,3-6,9-10,16H,2,7-8,11-12H2,(H,18,21). The number of non-ortho nitro benzene ring substituents is 1. The van der Waals surface area contributed by atoms with Gasteiger partial charge in [-0.2, -0.15) is 0 Å². The molecule has 1 unspecified atom stereocenters. The first-order chi connectivity index (χ1) is 11.6. The number of benzene rings is 1. The lowest BCUT2D eigenvalue weighted by atomic mass is 10.1. The fourth-order valence-electron chi connectivity index (χ4n) is 3.02. The molecule has 0 aliphatic carbocycles. The van der Waals surface area contributed by atoms with Gasteiger partial charge in [-0.15, -0.1) is 0 Å². The maximum atomic E-state index is 12.4. The number of nitro benzene ring substituents is 1. The first kappa shape index (κ1) is 16.2. The second-order valence-electron chi connectivity index (χ2n) is 5.85. The van der Waals surface area contributed by atoms with Gasteiger partial charge in [0.05, 0.1) is 23.8 Å². The molecular weight excluding hydrogens is 310 g/mol. The van der Waals surface area contributed by atoms with Gasteiger partial charge < -0.3 is 9.73 Å². The van der Waals surface area contributed by atoms with E-state index >= 15 is 0 Å². The molecule has 0 spiro atoms. The minimum absolute atomic E-state index is 0.0330. The summed E-state index contributed by atoms with van der Waals surface area (Å²) in [7, 11) is 0. The Labute approximate surface area is 139 Å². The van der Waals surface area contributed by atoms with Gasteiger partial charge in [-0.05, 0) is 37.1 Å². The molecule has 0 saturated carbocycles. The van der Waals surface area contributed by atoms with Crippen LogP contribution in [0.25, 0.3) is 0 Å². The van der Waals surface area contributed by atoms with Gasteiger partial charge >= 0.3 is 0 Å². The molecule has 1 aromatic carbocycles. The number of likely N-dealkylation sites (tertiary alicyclic amines) is 1. The number of nitrogens with zero attached hydrogens (tertiary/aromatic N) is 2. The second kappa shape index (κ2) is 7.27. The summed E-state index contributed by atoms with van der Waals surface area (Å²) in [6, 6.07) is 9.95. The van der Waals surface area contributed by atoms with Gasteiger partial charge in [-0.25, -0.2) is 0 Å². The van der Waals surface area contributed by atoms with Crippen molar-refractivity contribution in [1.82, 2.24) is 10.2 Å². The van der Waals surface area contributed by atoms with E-state index in [1.165, 1.54) is 6.07 Å². The lowest BCUT2D eigenvalue weighted by Gasteiger charge is -2.23. The summed E-state index contributed by atoms with van der Waals surface area (Å²) in [5.41, 5.74) is 0.917. The third-order valence-electron chi connectivity index (χ3n) is 4.19. The Bertz CT molecular complexity index is 714. The molecular formula is C17H19N3O4. The smallest absolute Gasteiger partial charge is 0.269 e. The zero-order valence-electron chi connectivity index (χ0n) is 13.2. The lowest BCUT2D eigenvalue weighted by Crippen LogP contribution is -2.42. The van der Waals surface area contributed by atoms with Crippen molar-refractivity contribution in [2.45, 2.75) is 32.0 Å². The zero-order valence-corrected chi connectivity index (χ0v) is 13.2. The SMILES string of the molecule is O=C(NCc1ccco1)C1CCCN1Cc1cccc([N+](=O)[O-])c1. The summed E-state index contributed by atoms with van der Waals surface area (Å²) in [5, 5.41) is 13.8. The summed E-state index contributed by atoms with van der Waals surface area (Å²) >= 11 is 0. The Balaban J connectivity index is 1.61. The van der Waals surface area contributed by atoms with Gasteiger partial charge in [-0.1, -0.05) is 12.1 Å². The first-order valence-electron chi connectivity index (χ1n) is 7.91. The number of carbonyl (C=O) groups is 1. The molecule has 3 rings (SSSR count). The van der Waals surface area contributed by atoms with Crippen molar-refractivity contribution in [3.63, 3.8) is 0 Å². The Morgan fingerprint density at radius 2 is 2.25 bits per heavy atom. The van der Waals surface area contributed by atoms with E-state index in [0.29, 0.717) is 18.8 Å². The number of nitro groups is 1. The van der Waals surface area contributed by atoms with Gasteiger partial charge in [0.2, 0.25) is 5.91 Å². The molecule has 1 amide bonds. The Kier molecular flexibility index (Phi) is 4.90. The van der Waals surface area contributed by atoms with Crippen LogP contribution in [-0.2, 0) is 17.9 Å². The van der Waals surface area contributed by atoms with E-state index in [4.69, 9.17) is 4.42 Å². The molecule has 2 heterocycles. The molecule has 1 fully saturated rings. The number of nitrogens with one attached hydrogen (secondary N) is 1. The first-order valence-corrected chi connectivity index (χ1v) is 7.91. The van der Waals surface area contributed by atoms with E-state index in [9.17, 15) is 14.9 Å². The third-order valence-corrected chi connectivity index (χ3v) is 4.19. The molecule has 7 heteroatoms. The Morgan fingerprint density at radius 3 is 3.00 bits per heavy atom. The molecule has 1 aliphatic heterocycles. The van der Waals surface area contributed by atoms with Crippen molar-refractivity contribution in [1.29, 1.82) is 0 Å². The van der Waals surface area contributed by atoms with Crippen LogP contribution in [-0.4, -0.2) is 28.3 Å². The van der Waals surface area contributed by atoms with Crippen molar-refractivity contribution >= 4 is 11.6 Å². The predicted molar refractivity (Wildman–Crippen MR) is 87.1 cm³/mol. The Hall–Kier alpha value is -2.67. The fourth-order valence-corrected chi connectivity index (χ4v) is 3.02. The lowest BCUT2D eigenvalue weighted by molar-refractivity contribution is -0.384. The van der Waals surface area contributed by atoms with Crippen LogP contribution in [0.15, 0.2) is 47.1 Å². The van der Waals surface area contributed by atoms with Gasteiger partial charge in [0.1, 0.15) is 5.76 Å². The molecule has 0 radical (unpaired) electrons. The molecule has 1 atom stereocenters. The minimum Gasteiger partial charge on any atom is -0.467 e. The molecule has 2 aromatic rings. The normalized spacial score (nSPS) is 17.8. The van der Waals surface area contributed by atoms with Crippen LogP contribution in [0.4, 0.5) is 5.69 Å². The van der Waals surface area contributed by atoms with Crippen LogP contribution >= 0.6 is 0 Å². The number of furan rings is 1. The number of hydrogen-bond acceptors (Lipinski definition) is 5. The molecule has 24 heavy (non-hydrogen) atoms. The van der Waals surface area contributed by atoms with Crippen molar-refractivity contribution in [2.75, 3.05) is 6.54 Å².